The molecule has 3 rings (SSSR count). The van der Waals surface area contributed by atoms with Crippen LogP contribution >= 0.6 is 0 Å². The van der Waals surface area contributed by atoms with Crippen molar-refractivity contribution in [3.63, 3.8) is 0 Å². The maximum Gasteiger partial charge on any atom is 0.257 e. The van der Waals surface area contributed by atoms with Crippen LogP contribution in [0.25, 0.3) is 0 Å². The van der Waals surface area contributed by atoms with Crippen LogP contribution < -0.4 is 10.7 Å². The summed E-state index contributed by atoms with van der Waals surface area (Å²) >= 11 is 0. The topological polar surface area (TPSA) is 83.0 Å². The molecule has 7 heteroatoms. The Morgan fingerprint density at radius 1 is 1.31 bits per heavy atom. The quantitative estimate of drug-likeness (QED) is 0.825. The monoisotopic (exact) mass is 357 g/mol. The van der Waals surface area contributed by atoms with E-state index in [9.17, 15) is 9.59 Å². The normalized spacial score (nSPS) is 14.3. The van der Waals surface area contributed by atoms with Crippen molar-refractivity contribution >= 4 is 5.91 Å². The summed E-state index contributed by atoms with van der Waals surface area (Å²) in [4.78, 5) is 30.0. The van der Waals surface area contributed by atoms with Crippen LogP contribution in [0.5, 0.6) is 0 Å². The standard InChI is InChI=1S/C19H27N5O2/c1-4-5-6-23-7-8-24-16(12-23)10-15(22-24)11-20-19(26)18-14(3)21-13(2)9-17(18)25/h9-10H,4-8,11-12H2,1-3H3,(H,20,26)(H,21,25). The molecule has 0 fully saturated rings. The first-order valence-electron chi connectivity index (χ1n) is 9.24. The van der Waals surface area contributed by atoms with Gasteiger partial charge in [0.05, 0.1) is 24.5 Å². The van der Waals surface area contributed by atoms with Gasteiger partial charge in [0.15, 0.2) is 5.43 Å². The van der Waals surface area contributed by atoms with Crippen LogP contribution in [0.3, 0.4) is 0 Å². The second-order valence-electron chi connectivity index (χ2n) is 6.98. The summed E-state index contributed by atoms with van der Waals surface area (Å²) in [5.41, 5.74) is 3.26. The molecule has 2 aromatic heterocycles. The highest BCUT2D eigenvalue weighted by Crippen LogP contribution is 2.14. The van der Waals surface area contributed by atoms with E-state index in [1.54, 1.807) is 13.8 Å². The fourth-order valence-electron chi connectivity index (χ4n) is 3.43. The fourth-order valence-corrected chi connectivity index (χ4v) is 3.43. The van der Waals surface area contributed by atoms with Crippen LogP contribution in [0.15, 0.2) is 16.9 Å². The Labute approximate surface area is 153 Å². The number of aromatic nitrogens is 3. The number of nitrogens with one attached hydrogen (secondary N) is 2. The van der Waals surface area contributed by atoms with Gasteiger partial charge < -0.3 is 10.3 Å². The SMILES string of the molecule is CCCCN1CCn2nc(CNC(=O)c3c(C)[nH]c(C)cc3=O)cc2C1. The summed E-state index contributed by atoms with van der Waals surface area (Å²) in [6, 6.07) is 3.49. The van der Waals surface area contributed by atoms with E-state index in [0.29, 0.717) is 12.2 Å². The van der Waals surface area contributed by atoms with Gasteiger partial charge in [-0.05, 0) is 32.9 Å². The number of carbonyl (C=O) groups is 1. The number of pyridine rings is 1. The largest absolute Gasteiger partial charge is 0.362 e. The fraction of sp³-hybridized carbons (Fsp3) is 0.526. The van der Waals surface area contributed by atoms with Crippen molar-refractivity contribution in [1.82, 2.24) is 25.0 Å². The Bertz CT molecular complexity index is 852. The van der Waals surface area contributed by atoms with Gasteiger partial charge >= 0.3 is 0 Å². The smallest absolute Gasteiger partial charge is 0.257 e. The average molecular weight is 357 g/mol. The first-order valence-corrected chi connectivity index (χ1v) is 9.24. The predicted octanol–water partition coefficient (Wildman–Crippen LogP) is 1.73. The molecule has 1 aliphatic heterocycles. The molecule has 0 saturated carbocycles. The van der Waals surface area contributed by atoms with Gasteiger partial charge in [-0.1, -0.05) is 13.3 Å². The summed E-state index contributed by atoms with van der Waals surface area (Å²) in [6.45, 7) is 9.97. The lowest BCUT2D eigenvalue weighted by molar-refractivity contribution is 0.0948. The molecular formula is C19H27N5O2. The van der Waals surface area contributed by atoms with Gasteiger partial charge in [-0.15, -0.1) is 0 Å². The summed E-state index contributed by atoms with van der Waals surface area (Å²) < 4.78 is 2.02. The van der Waals surface area contributed by atoms with Crippen molar-refractivity contribution in [1.29, 1.82) is 0 Å². The zero-order valence-electron chi connectivity index (χ0n) is 15.8. The van der Waals surface area contributed by atoms with Crippen LogP contribution in [0.1, 0.15) is 52.9 Å². The molecule has 0 radical (unpaired) electrons. The van der Waals surface area contributed by atoms with E-state index < -0.39 is 0 Å². The van der Waals surface area contributed by atoms with Crippen molar-refractivity contribution < 1.29 is 4.79 Å². The third-order valence-corrected chi connectivity index (χ3v) is 4.77. The van der Waals surface area contributed by atoms with Gasteiger partial charge in [0.25, 0.3) is 5.91 Å². The molecule has 3 heterocycles. The zero-order valence-corrected chi connectivity index (χ0v) is 15.8. The first-order chi connectivity index (χ1) is 12.5. The van der Waals surface area contributed by atoms with Crippen molar-refractivity contribution in [3.05, 3.63) is 50.7 Å². The molecule has 2 N–H and O–H groups in total. The van der Waals surface area contributed by atoms with E-state index in [4.69, 9.17) is 0 Å². The number of aryl methyl sites for hydroxylation is 2. The molecule has 0 saturated heterocycles. The van der Waals surface area contributed by atoms with Gasteiger partial charge in [0.1, 0.15) is 5.56 Å². The average Bonchev–Trinajstić information content (AvgIpc) is 2.99. The van der Waals surface area contributed by atoms with Gasteiger partial charge in [0, 0.05) is 30.5 Å². The molecule has 0 atom stereocenters. The molecule has 0 spiro atoms. The highest BCUT2D eigenvalue weighted by Gasteiger charge is 2.19. The maximum absolute atomic E-state index is 12.4. The van der Waals surface area contributed by atoms with E-state index in [1.807, 2.05) is 10.7 Å². The van der Waals surface area contributed by atoms with Crippen molar-refractivity contribution in [3.8, 4) is 0 Å². The van der Waals surface area contributed by atoms with Gasteiger partial charge in [0.2, 0.25) is 0 Å². The van der Waals surface area contributed by atoms with E-state index in [1.165, 1.54) is 24.6 Å². The predicted molar refractivity (Wildman–Crippen MR) is 100 cm³/mol. The number of hydrogen-bond acceptors (Lipinski definition) is 4. The minimum Gasteiger partial charge on any atom is -0.362 e. The zero-order chi connectivity index (χ0) is 18.7. The summed E-state index contributed by atoms with van der Waals surface area (Å²) in [6.07, 6.45) is 2.41. The number of unbranched alkanes of at least 4 members (excludes halogenated alkanes) is 1. The molecule has 1 amide bonds. The Morgan fingerprint density at radius 3 is 2.85 bits per heavy atom. The molecule has 140 valence electrons. The van der Waals surface area contributed by atoms with Crippen LogP contribution in [-0.4, -0.2) is 38.7 Å². The van der Waals surface area contributed by atoms with Crippen molar-refractivity contribution in [2.24, 2.45) is 0 Å². The molecule has 7 nitrogen and oxygen atoms in total. The highest BCUT2D eigenvalue weighted by atomic mass is 16.2. The number of hydrogen-bond donors (Lipinski definition) is 2. The van der Waals surface area contributed by atoms with E-state index in [2.05, 4.69) is 27.2 Å². The highest BCUT2D eigenvalue weighted by molar-refractivity contribution is 5.95. The van der Waals surface area contributed by atoms with E-state index >= 15 is 0 Å². The molecule has 0 aliphatic carbocycles. The Balaban J connectivity index is 1.64. The maximum atomic E-state index is 12.4. The number of H-pyrrole nitrogens is 1. The summed E-state index contributed by atoms with van der Waals surface area (Å²) in [5.74, 6) is -0.362. The van der Waals surface area contributed by atoms with Gasteiger partial charge in [-0.25, -0.2) is 0 Å². The van der Waals surface area contributed by atoms with Crippen LogP contribution in [-0.2, 0) is 19.6 Å². The third kappa shape index (κ3) is 4.04. The minimum atomic E-state index is -0.362. The number of carbonyl (C=O) groups excluding carboxylic acids is 1. The molecule has 1 aliphatic rings. The lowest BCUT2D eigenvalue weighted by atomic mass is 10.1. The number of nitrogens with zero attached hydrogens (tertiary/aromatic N) is 3. The first kappa shape index (κ1) is 18.4. The Hall–Kier alpha value is -2.41. The Morgan fingerprint density at radius 2 is 2.12 bits per heavy atom. The molecule has 0 bridgehead atoms. The van der Waals surface area contributed by atoms with Crippen molar-refractivity contribution in [2.45, 2.75) is 53.2 Å². The second kappa shape index (κ2) is 7.86. The number of fused-ring (bicyclic) bond motifs is 1. The lowest BCUT2D eigenvalue weighted by Crippen LogP contribution is -2.34. The van der Waals surface area contributed by atoms with Gasteiger partial charge in [-0.2, -0.15) is 5.10 Å². The molecule has 0 unspecified atom stereocenters. The summed E-state index contributed by atoms with van der Waals surface area (Å²) in [7, 11) is 0. The van der Waals surface area contributed by atoms with Crippen LogP contribution in [0.4, 0.5) is 0 Å². The number of amides is 1. The van der Waals surface area contributed by atoms with Crippen LogP contribution in [0, 0.1) is 13.8 Å². The molecule has 2 aromatic rings. The second-order valence-corrected chi connectivity index (χ2v) is 6.98. The molecular weight excluding hydrogens is 330 g/mol. The van der Waals surface area contributed by atoms with Crippen LogP contribution in [0.2, 0.25) is 0 Å². The summed E-state index contributed by atoms with van der Waals surface area (Å²) in [5, 5.41) is 7.40. The third-order valence-electron chi connectivity index (χ3n) is 4.77. The van der Waals surface area contributed by atoms with E-state index in [-0.39, 0.29) is 16.9 Å². The Kier molecular flexibility index (Phi) is 5.56. The number of rotatable bonds is 6. The van der Waals surface area contributed by atoms with E-state index in [0.717, 1.165) is 37.6 Å². The van der Waals surface area contributed by atoms with Crippen molar-refractivity contribution in [2.75, 3.05) is 13.1 Å². The lowest BCUT2D eigenvalue weighted by Gasteiger charge is -2.27. The minimum absolute atomic E-state index is 0.172. The molecule has 26 heavy (non-hydrogen) atoms. The molecule has 0 aromatic carbocycles. The van der Waals surface area contributed by atoms with Gasteiger partial charge in [-0.3, -0.25) is 19.2 Å². The number of aromatic amines is 1.